The SMILES string of the molecule is Nc1ccc(OCC(O)Sc2ccccc2)c2c1C(=O)c1ccccc1C2=O. The molecule has 3 aromatic carbocycles. The Morgan fingerprint density at radius 3 is 2.14 bits per heavy atom. The molecule has 0 spiro atoms. The summed E-state index contributed by atoms with van der Waals surface area (Å²) in [5, 5.41) is 10.3. The third kappa shape index (κ3) is 3.28. The molecule has 1 aliphatic carbocycles. The molecule has 4 rings (SSSR count). The lowest BCUT2D eigenvalue weighted by Crippen LogP contribution is -2.24. The number of carbonyl (C=O) groups is 2. The van der Waals surface area contributed by atoms with Crippen molar-refractivity contribution in [2.75, 3.05) is 12.3 Å². The number of nitrogens with two attached hydrogens (primary N) is 1. The number of carbonyl (C=O) groups excluding carboxylic acids is 2. The van der Waals surface area contributed by atoms with Gasteiger partial charge in [-0.1, -0.05) is 54.2 Å². The van der Waals surface area contributed by atoms with E-state index in [1.165, 1.54) is 11.8 Å². The van der Waals surface area contributed by atoms with Gasteiger partial charge in [0.05, 0.1) is 11.1 Å². The summed E-state index contributed by atoms with van der Waals surface area (Å²) in [5.41, 5.74) is 6.37. The highest BCUT2D eigenvalue weighted by atomic mass is 32.2. The van der Waals surface area contributed by atoms with Gasteiger partial charge in [-0.25, -0.2) is 0 Å². The van der Waals surface area contributed by atoms with Crippen molar-refractivity contribution >= 4 is 29.0 Å². The van der Waals surface area contributed by atoms with Gasteiger partial charge in [-0.3, -0.25) is 9.59 Å². The van der Waals surface area contributed by atoms with Crippen molar-refractivity contribution in [3.8, 4) is 5.75 Å². The van der Waals surface area contributed by atoms with Gasteiger partial charge in [-0.15, -0.1) is 0 Å². The first kappa shape index (κ1) is 18.3. The molecule has 0 heterocycles. The highest BCUT2D eigenvalue weighted by molar-refractivity contribution is 7.99. The standard InChI is InChI=1S/C22H17NO4S/c23-16-10-11-17(27-12-18(24)28-13-6-2-1-3-7-13)20-19(16)21(25)14-8-4-5-9-15(14)22(20)26/h1-11,18,24H,12,23H2. The minimum atomic E-state index is -0.836. The van der Waals surface area contributed by atoms with E-state index >= 15 is 0 Å². The average molecular weight is 391 g/mol. The van der Waals surface area contributed by atoms with E-state index in [9.17, 15) is 14.7 Å². The van der Waals surface area contributed by atoms with Crippen LogP contribution in [-0.4, -0.2) is 28.7 Å². The molecular formula is C22H17NO4S. The molecule has 140 valence electrons. The fraction of sp³-hybridized carbons (Fsp3) is 0.0909. The summed E-state index contributed by atoms with van der Waals surface area (Å²) < 4.78 is 5.73. The molecule has 5 nitrogen and oxygen atoms in total. The summed E-state index contributed by atoms with van der Waals surface area (Å²) in [6.07, 6.45) is 0. The summed E-state index contributed by atoms with van der Waals surface area (Å²) >= 11 is 1.25. The van der Waals surface area contributed by atoms with Crippen molar-refractivity contribution in [3.05, 3.63) is 89.0 Å². The van der Waals surface area contributed by atoms with Crippen LogP contribution in [0.25, 0.3) is 0 Å². The number of hydrogen-bond donors (Lipinski definition) is 2. The van der Waals surface area contributed by atoms with Crippen LogP contribution in [0.3, 0.4) is 0 Å². The fourth-order valence-corrected chi connectivity index (χ4v) is 3.95. The molecule has 3 N–H and O–H groups in total. The van der Waals surface area contributed by atoms with E-state index in [0.717, 1.165) is 4.90 Å². The molecule has 0 aromatic heterocycles. The maximum Gasteiger partial charge on any atom is 0.198 e. The van der Waals surface area contributed by atoms with Crippen LogP contribution >= 0.6 is 11.8 Å². The Morgan fingerprint density at radius 2 is 1.46 bits per heavy atom. The molecule has 0 aliphatic heterocycles. The zero-order valence-electron chi connectivity index (χ0n) is 14.8. The second-order valence-electron chi connectivity index (χ2n) is 6.30. The van der Waals surface area contributed by atoms with Crippen molar-refractivity contribution in [3.63, 3.8) is 0 Å². The Balaban J connectivity index is 1.61. The largest absolute Gasteiger partial charge is 0.489 e. The van der Waals surface area contributed by atoms with Crippen LogP contribution in [0.4, 0.5) is 5.69 Å². The number of aliphatic hydroxyl groups excluding tert-OH is 1. The second kappa shape index (κ2) is 7.50. The summed E-state index contributed by atoms with van der Waals surface area (Å²) in [6, 6.07) is 19.2. The molecule has 0 saturated heterocycles. The molecule has 6 heteroatoms. The Morgan fingerprint density at radius 1 is 0.857 bits per heavy atom. The molecule has 0 radical (unpaired) electrons. The average Bonchev–Trinajstić information content (AvgIpc) is 2.71. The summed E-state index contributed by atoms with van der Waals surface area (Å²) in [4.78, 5) is 26.8. The van der Waals surface area contributed by atoms with Gasteiger partial charge in [0, 0.05) is 21.7 Å². The van der Waals surface area contributed by atoms with Crippen LogP contribution in [0.5, 0.6) is 5.75 Å². The van der Waals surface area contributed by atoms with E-state index in [1.807, 2.05) is 30.3 Å². The normalized spacial score (nSPS) is 13.6. The van der Waals surface area contributed by atoms with Crippen LogP contribution in [-0.2, 0) is 0 Å². The van der Waals surface area contributed by atoms with E-state index < -0.39 is 5.44 Å². The first-order valence-electron chi connectivity index (χ1n) is 8.69. The van der Waals surface area contributed by atoms with Crippen molar-refractivity contribution in [2.24, 2.45) is 0 Å². The third-order valence-electron chi connectivity index (χ3n) is 4.47. The van der Waals surface area contributed by atoms with Crippen LogP contribution in [0.2, 0.25) is 0 Å². The number of ether oxygens (including phenoxy) is 1. The number of ketones is 2. The maximum absolute atomic E-state index is 13.0. The molecule has 0 amide bonds. The predicted molar refractivity (Wildman–Crippen MR) is 108 cm³/mol. The van der Waals surface area contributed by atoms with Gasteiger partial charge < -0.3 is 15.6 Å². The van der Waals surface area contributed by atoms with E-state index in [2.05, 4.69) is 0 Å². The molecule has 3 aromatic rings. The zero-order valence-corrected chi connectivity index (χ0v) is 15.6. The predicted octanol–water partition coefficient (Wildman–Crippen LogP) is 3.53. The van der Waals surface area contributed by atoms with Gasteiger partial charge in [0.2, 0.25) is 0 Å². The van der Waals surface area contributed by atoms with Crippen LogP contribution in [0.1, 0.15) is 31.8 Å². The molecule has 0 bridgehead atoms. The fourth-order valence-electron chi connectivity index (χ4n) is 3.19. The quantitative estimate of drug-likeness (QED) is 0.307. The van der Waals surface area contributed by atoms with Crippen LogP contribution < -0.4 is 10.5 Å². The number of aliphatic hydroxyl groups is 1. The minimum absolute atomic E-state index is 0.0426. The molecule has 28 heavy (non-hydrogen) atoms. The zero-order chi connectivity index (χ0) is 19.7. The second-order valence-corrected chi connectivity index (χ2v) is 7.55. The first-order valence-corrected chi connectivity index (χ1v) is 9.57. The topological polar surface area (TPSA) is 89.6 Å². The minimum Gasteiger partial charge on any atom is -0.489 e. The highest BCUT2D eigenvalue weighted by Crippen LogP contribution is 2.36. The molecule has 1 aliphatic rings. The van der Waals surface area contributed by atoms with E-state index in [-0.39, 0.29) is 40.7 Å². The van der Waals surface area contributed by atoms with E-state index in [4.69, 9.17) is 10.5 Å². The van der Waals surface area contributed by atoms with Gasteiger partial charge >= 0.3 is 0 Å². The Kier molecular flexibility index (Phi) is 4.90. The number of nitrogen functional groups attached to an aromatic ring is 1. The number of fused-ring (bicyclic) bond motifs is 2. The number of rotatable bonds is 5. The third-order valence-corrected chi connectivity index (χ3v) is 5.42. The molecule has 1 atom stereocenters. The Hall–Kier alpha value is -3.09. The summed E-state index contributed by atoms with van der Waals surface area (Å²) in [7, 11) is 0. The van der Waals surface area contributed by atoms with Crippen molar-refractivity contribution in [1.29, 1.82) is 0 Å². The first-order chi connectivity index (χ1) is 13.6. The number of thioether (sulfide) groups is 1. The van der Waals surface area contributed by atoms with Crippen molar-refractivity contribution < 1.29 is 19.4 Å². The monoisotopic (exact) mass is 391 g/mol. The lowest BCUT2D eigenvalue weighted by atomic mass is 9.83. The number of anilines is 1. The van der Waals surface area contributed by atoms with Gasteiger partial charge in [-0.05, 0) is 24.3 Å². The summed E-state index contributed by atoms with van der Waals surface area (Å²) in [5.74, 6) is -0.366. The molecule has 1 unspecified atom stereocenters. The van der Waals surface area contributed by atoms with Crippen LogP contribution in [0.15, 0.2) is 71.6 Å². The lowest BCUT2D eigenvalue weighted by Gasteiger charge is -2.22. The number of benzene rings is 3. The van der Waals surface area contributed by atoms with Crippen molar-refractivity contribution in [2.45, 2.75) is 10.3 Å². The van der Waals surface area contributed by atoms with E-state index in [0.29, 0.717) is 11.1 Å². The van der Waals surface area contributed by atoms with Crippen molar-refractivity contribution in [1.82, 2.24) is 0 Å². The summed E-state index contributed by atoms with van der Waals surface area (Å²) in [6.45, 7) is -0.0426. The maximum atomic E-state index is 13.0. The number of hydrogen-bond acceptors (Lipinski definition) is 6. The smallest absolute Gasteiger partial charge is 0.198 e. The van der Waals surface area contributed by atoms with Gasteiger partial charge in [0.25, 0.3) is 0 Å². The van der Waals surface area contributed by atoms with Gasteiger partial charge in [-0.2, -0.15) is 0 Å². The molecular weight excluding hydrogens is 374 g/mol. The lowest BCUT2D eigenvalue weighted by molar-refractivity contribution is 0.0974. The van der Waals surface area contributed by atoms with E-state index in [1.54, 1.807) is 36.4 Å². The van der Waals surface area contributed by atoms with Gasteiger partial charge in [0.1, 0.15) is 17.8 Å². The molecule has 0 saturated carbocycles. The van der Waals surface area contributed by atoms with Crippen LogP contribution in [0, 0.1) is 0 Å². The molecule has 0 fully saturated rings. The highest BCUT2D eigenvalue weighted by Gasteiger charge is 2.34. The Labute approximate surface area is 166 Å². The van der Waals surface area contributed by atoms with Gasteiger partial charge in [0.15, 0.2) is 11.6 Å². The Bertz CT molecular complexity index is 1070.